The van der Waals surface area contributed by atoms with Gasteiger partial charge in [-0.05, 0) is 6.07 Å². The summed E-state index contributed by atoms with van der Waals surface area (Å²) < 4.78 is 50.8. The maximum atomic E-state index is 13.7. The number of rotatable bonds is 2. The van der Waals surface area contributed by atoms with Gasteiger partial charge in [-0.25, -0.2) is 9.37 Å². The molecule has 1 aliphatic rings. The lowest BCUT2D eigenvalue weighted by atomic mass is 10.2. The molecule has 0 aliphatic carbocycles. The lowest BCUT2D eigenvalue weighted by molar-refractivity contribution is -0.138. The van der Waals surface area contributed by atoms with Gasteiger partial charge in [-0.2, -0.15) is 13.2 Å². The third-order valence-corrected chi connectivity index (χ3v) is 2.91. The number of anilines is 1. The highest BCUT2D eigenvalue weighted by molar-refractivity contribution is 5.49. The van der Waals surface area contributed by atoms with Gasteiger partial charge in [0.15, 0.2) is 11.6 Å². The second-order valence-electron chi connectivity index (χ2n) is 4.16. The normalized spacial score (nSPS) is 16.6. The van der Waals surface area contributed by atoms with Crippen molar-refractivity contribution >= 4 is 12.2 Å². The van der Waals surface area contributed by atoms with Crippen molar-refractivity contribution in [2.24, 2.45) is 0 Å². The van der Waals surface area contributed by atoms with Crippen molar-refractivity contribution in [2.45, 2.75) is 6.18 Å². The first-order valence-corrected chi connectivity index (χ1v) is 5.59. The lowest BCUT2D eigenvalue weighted by Gasteiger charge is -2.33. The van der Waals surface area contributed by atoms with Crippen LogP contribution >= 0.6 is 0 Å². The van der Waals surface area contributed by atoms with Crippen LogP contribution in [0.4, 0.5) is 23.4 Å². The average Bonchev–Trinajstić information content (AvgIpc) is 2.38. The number of hydrogen-bond donors (Lipinski definition) is 0. The van der Waals surface area contributed by atoms with Gasteiger partial charge >= 0.3 is 6.18 Å². The van der Waals surface area contributed by atoms with E-state index in [4.69, 9.17) is 0 Å². The number of amides is 1. The first-order chi connectivity index (χ1) is 8.91. The molecule has 1 saturated heterocycles. The van der Waals surface area contributed by atoms with Crippen LogP contribution in [0.15, 0.2) is 12.3 Å². The third-order valence-electron chi connectivity index (χ3n) is 2.91. The second-order valence-corrected chi connectivity index (χ2v) is 4.16. The monoisotopic (exact) mass is 277 g/mol. The Morgan fingerprint density at radius 2 is 1.84 bits per heavy atom. The minimum atomic E-state index is -4.61. The summed E-state index contributed by atoms with van der Waals surface area (Å²) in [6.45, 7) is 1.47. The van der Waals surface area contributed by atoms with E-state index < -0.39 is 17.6 Å². The number of aromatic nitrogens is 1. The number of hydrogen-bond acceptors (Lipinski definition) is 3. The number of halogens is 4. The molecule has 0 saturated carbocycles. The summed E-state index contributed by atoms with van der Waals surface area (Å²) in [5.74, 6) is -1.12. The standard InChI is InChI=1S/C11H11F4N3O/c12-9-5-8(11(13,14)15)6-16-10(9)18-3-1-17(7-19)2-4-18/h5-7H,1-4H2. The molecule has 1 aromatic rings. The highest BCUT2D eigenvalue weighted by atomic mass is 19.4. The summed E-state index contributed by atoms with van der Waals surface area (Å²) in [5, 5.41) is 0. The highest BCUT2D eigenvalue weighted by Gasteiger charge is 2.32. The number of nitrogens with zero attached hydrogens (tertiary/aromatic N) is 3. The molecule has 1 aromatic heterocycles. The van der Waals surface area contributed by atoms with Gasteiger partial charge in [0.1, 0.15) is 0 Å². The van der Waals surface area contributed by atoms with Crippen LogP contribution < -0.4 is 4.90 Å². The number of piperazine rings is 1. The molecule has 0 N–H and O–H groups in total. The number of carbonyl (C=O) groups excluding carboxylic acids is 1. The Morgan fingerprint density at radius 1 is 1.21 bits per heavy atom. The van der Waals surface area contributed by atoms with Crippen molar-refractivity contribution < 1.29 is 22.4 Å². The summed E-state index contributed by atoms with van der Waals surface area (Å²) in [5.41, 5.74) is -1.11. The number of pyridine rings is 1. The molecule has 1 fully saturated rings. The predicted molar refractivity (Wildman–Crippen MR) is 59.0 cm³/mol. The lowest BCUT2D eigenvalue weighted by Crippen LogP contribution is -2.46. The zero-order valence-electron chi connectivity index (χ0n) is 9.82. The van der Waals surface area contributed by atoms with Gasteiger partial charge in [0, 0.05) is 32.4 Å². The van der Waals surface area contributed by atoms with E-state index in [9.17, 15) is 22.4 Å². The van der Waals surface area contributed by atoms with Crippen LogP contribution in [0.1, 0.15) is 5.56 Å². The molecule has 0 unspecified atom stereocenters. The molecule has 1 aliphatic heterocycles. The Balaban J connectivity index is 2.16. The molecule has 8 heteroatoms. The van der Waals surface area contributed by atoms with Gasteiger partial charge < -0.3 is 9.80 Å². The van der Waals surface area contributed by atoms with E-state index in [0.29, 0.717) is 44.9 Å². The van der Waals surface area contributed by atoms with Crippen molar-refractivity contribution in [3.05, 3.63) is 23.6 Å². The van der Waals surface area contributed by atoms with E-state index >= 15 is 0 Å². The smallest absolute Gasteiger partial charge is 0.351 e. The molecule has 2 rings (SSSR count). The van der Waals surface area contributed by atoms with E-state index in [2.05, 4.69) is 4.98 Å². The Kier molecular flexibility index (Phi) is 3.59. The van der Waals surface area contributed by atoms with Crippen molar-refractivity contribution in [3.8, 4) is 0 Å². The second kappa shape index (κ2) is 5.02. The van der Waals surface area contributed by atoms with Crippen LogP contribution in [-0.4, -0.2) is 42.5 Å². The SMILES string of the molecule is O=CN1CCN(c2ncc(C(F)(F)F)cc2F)CC1. The fraction of sp³-hybridized carbons (Fsp3) is 0.455. The van der Waals surface area contributed by atoms with Crippen molar-refractivity contribution in [2.75, 3.05) is 31.1 Å². The first-order valence-electron chi connectivity index (χ1n) is 5.59. The van der Waals surface area contributed by atoms with Crippen LogP contribution in [0.5, 0.6) is 0 Å². The van der Waals surface area contributed by atoms with Gasteiger partial charge in [-0.1, -0.05) is 0 Å². The quantitative estimate of drug-likeness (QED) is 0.607. The van der Waals surface area contributed by atoms with Gasteiger partial charge in [0.25, 0.3) is 0 Å². The van der Waals surface area contributed by atoms with Gasteiger partial charge in [-0.15, -0.1) is 0 Å². The summed E-state index contributed by atoms with van der Waals surface area (Å²) in [6, 6.07) is 0.439. The average molecular weight is 277 g/mol. The Bertz CT molecular complexity index is 469. The molecular weight excluding hydrogens is 266 g/mol. The van der Waals surface area contributed by atoms with Crippen LogP contribution in [0, 0.1) is 5.82 Å². The molecule has 0 radical (unpaired) electrons. The molecule has 0 aromatic carbocycles. The largest absolute Gasteiger partial charge is 0.417 e. The third kappa shape index (κ3) is 2.94. The van der Waals surface area contributed by atoms with E-state index in [1.807, 2.05) is 0 Å². The predicted octanol–water partition coefficient (Wildman–Crippen LogP) is 1.52. The van der Waals surface area contributed by atoms with E-state index in [-0.39, 0.29) is 5.82 Å². The Hall–Kier alpha value is -1.86. The van der Waals surface area contributed by atoms with Gasteiger partial charge in [-0.3, -0.25) is 4.79 Å². The summed E-state index contributed by atoms with van der Waals surface area (Å²) in [7, 11) is 0. The van der Waals surface area contributed by atoms with E-state index in [1.165, 1.54) is 9.80 Å². The molecule has 0 spiro atoms. The van der Waals surface area contributed by atoms with Crippen LogP contribution in [-0.2, 0) is 11.0 Å². The minimum absolute atomic E-state index is 0.112. The fourth-order valence-electron chi connectivity index (χ4n) is 1.86. The van der Waals surface area contributed by atoms with Crippen LogP contribution in [0.25, 0.3) is 0 Å². The summed E-state index contributed by atoms with van der Waals surface area (Å²) in [4.78, 5) is 17.1. The Morgan fingerprint density at radius 3 is 2.32 bits per heavy atom. The van der Waals surface area contributed by atoms with Crippen molar-refractivity contribution in [1.82, 2.24) is 9.88 Å². The zero-order valence-corrected chi connectivity index (χ0v) is 9.82. The Labute approximate surface area is 106 Å². The van der Waals surface area contributed by atoms with E-state index in [1.54, 1.807) is 0 Å². The number of alkyl halides is 3. The highest BCUT2D eigenvalue weighted by Crippen LogP contribution is 2.31. The molecular formula is C11H11F4N3O. The summed E-state index contributed by atoms with van der Waals surface area (Å²) >= 11 is 0. The topological polar surface area (TPSA) is 36.4 Å². The molecule has 2 heterocycles. The first kappa shape index (κ1) is 13.6. The molecule has 1 amide bonds. The van der Waals surface area contributed by atoms with E-state index in [0.717, 1.165) is 0 Å². The number of carbonyl (C=O) groups is 1. The van der Waals surface area contributed by atoms with Crippen molar-refractivity contribution in [1.29, 1.82) is 0 Å². The minimum Gasteiger partial charge on any atom is -0.351 e. The fourth-order valence-corrected chi connectivity index (χ4v) is 1.86. The molecule has 0 atom stereocenters. The molecule has 19 heavy (non-hydrogen) atoms. The van der Waals surface area contributed by atoms with Crippen LogP contribution in [0.2, 0.25) is 0 Å². The maximum Gasteiger partial charge on any atom is 0.417 e. The maximum absolute atomic E-state index is 13.7. The van der Waals surface area contributed by atoms with Crippen LogP contribution in [0.3, 0.4) is 0 Å². The zero-order chi connectivity index (χ0) is 14.0. The molecule has 4 nitrogen and oxygen atoms in total. The van der Waals surface area contributed by atoms with Gasteiger partial charge in [0.05, 0.1) is 5.56 Å². The molecule has 104 valence electrons. The molecule has 0 bridgehead atoms. The van der Waals surface area contributed by atoms with Gasteiger partial charge in [0.2, 0.25) is 6.41 Å². The summed E-state index contributed by atoms with van der Waals surface area (Å²) in [6.07, 6.45) is -3.30. The van der Waals surface area contributed by atoms with Crippen molar-refractivity contribution in [3.63, 3.8) is 0 Å².